The van der Waals surface area contributed by atoms with E-state index in [1.54, 1.807) is 6.07 Å². The van der Waals surface area contributed by atoms with Crippen molar-refractivity contribution in [2.24, 2.45) is 0 Å². The maximum absolute atomic E-state index is 14.1. The molecular formula is C30H26FN5O2. The number of benzene rings is 3. The third kappa shape index (κ3) is 3.92. The third-order valence-electron chi connectivity index (χ3n) is 7.82. The Balaban J connectivity index is 1.33. The summed E-state index contributed by atoms with van der Waals surface area (Å²) in [6, 6.07) is 19.6. The first-order valence-corrected chi connectivity index (χ1v) is 12.9. The largest absolute Gasteiger partial charge is 0.488 e. The lowest BCUT2D eigenvalue weighted by Crippen LogP contribution is -2.40. The molecule has 0 bridgehead atoms. The molecule has 3 aromatic carbocycles. The summed E-state index contributed by atoms with van der Waals surface area (Å²) in [4.78, 5) is 7.29. The minimum Gasteiger partial charge on any atom is -0.488 e. The second kappa shape index (κ2) is 9.28. The van der Waals surface area contributed by atoms with Crippen LogP contribution in [-0.4, -0.2) is 46.8 Å². The number of nitriles is 1. The Morgan fingerprint density at radius 2 is 2.00 bits per heavy atom. The fourth-order valence-electron chi connectivity index (χ4n) is 6.08. The van der Waals surface area contributed by atoms with Crippen LogP contribution in [0, 0.1) is 17.3 Å². The summed E-state index contributed by atoms with van der Waals surface area (Å²) >= 11 is 0. The number of hydrogen-bond donors (Lipinski definition) is 1. The Bertz CT molecular complexity index is 1610. The van der Waals surface area contributed by atoms with Gasteiger partial charge in [0.1, 0.15) is 18.2 Å². The topological polar surface area (TPSA) is 75.3 Å². The Labute approximate surface area is 219 Å². The minimum atomic E-state index is -0.326. The molecule has 7 rings (SSSR count). The van der Waals surface area contributed by atoms with Gasteiger partial charge in [-0.05, 0) is 59.0 Å². The lowest BCUT2D eigenvalue weighted by molar-refractivity contribution is 0.0128. The third-order valence-corrected chi connectivity index (χ3v) is 7.82. The lowest BCUT2D eigenvalue weighted by Gasteiger charge is -2.28. The molecule has 4 heterocycles. The van der Waals surface area contributed by atoms with Gasteiger partial charge in [-0.2, -0.15) is 5.26 Å². The molecule has 3 aliphatic heterocycles. The SMILES string of the molecule is N#CNc1nc2cc(C=C3c4ccccc4COc4cc(F)ccc43)ccc2n1[C@@H]1C[C@@H]2COCCN2C1. The molecule has 3 aliphatic rings. The summed E-state index contributed by atoms with van der Waals surface area (Å²) in [6.07, 6.45) is 5.12. The van der Waals surface area contributed by atoms with E-state index in [1.165, 1.54) is 12.1 Å². The lowest BCUT2D eigenvalue weighted by atomic mass is 9.92. The van der Waals surface area contributed by atoms with Crippen LogP contribution in [0.3, 0.4) is 0 Å². The molecule has 0 unspecified atom stereocenters. The van der Waals surface area contributed by atoms with Crippen molar-refractivity contribution in [1.82, 2.24) is 14.5 Å². The molecule has 190 valence electrons. The van der Waals surface area contributed by atoms with Crippen molar-refractivity contribution in [3.8, 4) is 11.9 Å². The summed E-state index contributed by atoms with van der Waals surface area (Å²) < 4.78 is 27.9. The highest BCUT2D eigenvalue weighted by Gasteiger charge is 2.36. The highest BCUT2D eigenvalue weighted by molar-refractivity contribution is 5.96. The van der Waals surface area contributed by atoms with Crippen molar-refractivity contribution >= 4 is 28.6 Å². The number of aromatic nitrogens is 2. The number of morpholine rings is 1. The molecule has 0 saturated carbocycles. The quantitative estimate of drug-likeness (QED) is 0.304. The van der Waals surface area contributed by atoms with Gasteiger partial charge in [0.05, 0.1) is 30.3 Å². The average Bonchev–Trinajstić information content (AvgIpc) is 3.47. The zero-order valence-corrected chi connectivity index (χ0v) is 20.7. The van der Waals surface area contributed by atoms with Crippen LogP contribution in [0.1, 0.15) is 34.7 Å². The van der Waals surface area contributed by atoms with E-state index in [0.717, 1.165) is 71.6 Å². The van der Waals surface area contributed by atoms with Crippen LogP contribution in [-0.2, 0) is 11.3 Å². The van der Waals surface area contributed by atoms with Gasteiger partial charge in [-0.1, -0.05) is 30.3 Å². The van der Waals surface area contributed by atoms with Crippen molar-refractivity contribution in [3.63, 3.8) is 0 Å². The van der Waals surface area contributed by atoms with Crippen molar-refractivity contribution in [2.45, 2.75) is 25.1 Å². The van der Waals surface area contributed by atoms with E-state index in [0.29, 0.717) is 24.3 Å². The van der Waals surface area contributed by atoms with E-state index in [4.69, 9.17) is 14.5 Å². The van der Waals surface area contributed by atoms with E-state index < -0.39 is 0 Å². The number of nitrogens with zero attached hydrogens (tertiary/aromatic N) is 4. The van der Waals surface area contributed by atoms with Gasteiger partial charge >= 0.3 is 0 Å². The summed E-state index contributed by atoms with van der Waals surface area (Å²) in [7, 11) is 0. The van der Waals surface area contributed by atoms with Gasteiger partial charge in [0, 0.05) is 30.8 Å². The molecule has 1 N–H and O–H groups in total. The maximum Gasteiger partial charge on any atom is 0.217 e. The normalized spacial score (nSPS) is 21.7. The van der Waals surface area contributed by atoms with Gasteiger partial charge < -0.3 is 14.0 Å². The first-order valence-electron chi connectivity index (χ1n) is 12.9. The van der Waals surface area contributed by atoms with Gasteiger partial charge in [-0.25, -0.2) is 9.37 Å². The predicted octanol–water partition coefficient (Wildman–Crippen LogP) is 5.20. The van der Waals surface area contributed by atoms with Crippen LogP contribution in [0.25, 0.3) is 22.7 Å². The molecule has 0 aliphatic carbocycles. The Morgan fingerprint density at radius 3 is 2.89 bits per heavy atom. The molecule has 2 fully saturated rings. The zero-order valence-electron chi connectivity index (χ0n) is 20.7. The molecule has 2 atom stereocenters. The first-order chi connectivity index (χ1) is 18.7. The van der Waals surface area contributed by atoms with Crippen LogP contribution < -0.4 is 10.1 Å². The van der Waals surface area contributed by atoms with E-state index in [9.17, 15) is 9.65 Å². The number of imidazole rings is 1. The number of anilines is 1. The van der Waals surface area contributed by atoms with Crippen LogP contribution in [0.2, 0.25) is 0 Å². The maximum atomic E-state index is 14.1. The van der Waals surface area contributed by atoms with E-state index in [2.05, 4.69) is 45.3 Å². The van der Waals surface area contributed by atoms with E-state index in [1.807, 2.05) is 24.3 Å². The van der Waals surface area contributed by atoms with Crippen LogP contribution in [0.4, 0.5) is 10.3 Å². The molecule has 0 spiro atoms. The van der Waals surface area contributed by atoms with Crippen molar-refractivity contribution in [3.05, 3.63) is 88.7 Å². The number of halogens is 1. The fraction of sp³-hybridized carbons (Fsp3) is 0.267. The second-order valence-electron chi connectivity index (χ2n) is 10.0. The second-order valence-corrected chi connectivity index (χ2v) is 10.0. The number of rotatable bonds is 3. The fourth-order valence-corrected chi connectivity index (χ4v) is 6.08. The predicted molar refractivity (Wildman–Crippen MR) is 143 cm³/mol. The molecule has 4 aromatic rings. The standard InChI is InChI=1S/C30H26FN5O2/c31-21-6-7-25-26(24-4-2-1-3-20(24)16-38-29(25)13-21)11-19-5-8-28-27(12-19)34-30(33-18-32)36(28)22-14-23-17-37-10-9-35(23)15-22/h1-8,11-13,22-23H,9-10,14-17H2,(H,33,34)/t22-,23-/m1/s1. The Morgan fingerprint density at radius 1 is 1.08 bits per heavy atom. The monoisotopic (exact) mass is 507 g/mol. The average molecular weight is 508 g/mol. The molecule has 0 amide bonds. The number of ether oxygens (including phenoxy) is 2. The number of hydrogen-bond acceptors (Lipinski definition) is 6. The highest BCUT2D eigenvalue weighted by atomic mass is 19.1. The number of nitrogens with one attached hydrogen (secondary N) is 1. The molecule has 2 saturated heterocycles. The van der Waals surface area contributed by atoms with Gasteiger partial charge in [-0.15, -0.1) is 0 Å². The highest BCUT2D eigenvalue weighted by Crippen LogP contribution is 2.39. The first kappa shape index (κ1) is 23.0. The Hall–Kier alpha value is -4.19. The zero-order chi connectivity index (χ0) is 25.6. The van der Waals surface area contributed by atoms with E-state index in [-0.39, 0.29) is 11.9 Å². The van der Waals surface area contributed by atoms with Crippen LogP contribution in [0.15, 0.2) is 60.7 Å². The molecule has 1 aromatic heterocycles. The van der Waals surface area contributed by atoms with Gasteiger partial charge in [0.25, 0.3) is 0 Å². The molecule has 7 nitrogen and oxygen atoms in total. The summed E-state index contributed by atoms with van der Waals surface area (Å²) in [5.41, 5.74) is 6.68. The summed E-state index contributed by atoms with van der Waals surface area (Å²) in [6.45, 7) is 3.73. The Kier molecular flexibility index (Phi) is 5.61. The molecule has 0 radical (unpaired) electrons. The van der Waals surface area contributed by atoms with Crippen molar-refractivity contribution in [2.75, 3.05) is 31.6 Å². The summed E-state index contributed by atoms with van der Waals surface area (Å²) in [5.74, 6) is 0.764. The van der Waals surface area contributed by atoms with Crippen molar-refractivity contribution < 1.29 is 13.9 Å². The van der Waals surface area contributed by atoms with Gasteiger partial charge in [-0.3, -0.25) is 10.2 Å². The van der Waals surface area contributed by atoms with E-state index >= 15 is 0 Å². The summed E-state index contributed by atoms with van der Waals surface area (Å²) in [5, 5.41) is 12.2. The van der Waals surface area contributed by atoms with Gasteiger partial charge in [0.2, 0.25) is 5.95 Å². The molecule has 38 heavy (non-hydrogen) atoms. The van der Waals surface area contributed by atoms with Crippen LogP contribution >= 0.6 is 0 Å². The van der Waals surface area contributed by atoms with Gasteiger partial charge in [0.15, 0.2) is 6.19 Å². The van der Waals surface area contributed by atoms with Crippen molar-refractivity contribution in [1.29, 1.82) is 5.26 Å². The number of fused-ring (bicyclic) bond motifs is 4. The molecule has 8 heteroatoms. The molecular weight excluding hydrogens is 481 g/mol. The van der Waals surface area contributed by atoms with Crippen LogP contribution in [0.5, 0.6) is 5.75 Å². The minimum absolute atomic E-state index is 0.208. The smallest absolute Gasteiger partial charge is 0.217 e.